The fourth-order valence-electron chi connectivity index (χ4n) is 2.65. The Hall–Kier alpha value is -2.62. The molecule has 0 aromatic heterocycles. The molecule has 1 atom stereocenters. The van der Waals surface area contributed by atoms with Crippen molar-refractivity contribution in [3.63, 3.8) is 0 Å². The topological polar surface area (TPSA) is 66.4 Å². The van der Waals surface area contributed by atoms with E-state index in [9.17, 15) is 9.59 Å². The zero-order valence-electron chi connectivity index (χ0n) is 13.4. The molecule has 0 saturated carbocycles. The molecule has 4 nitrogen and oxygen atoms in total. The lowest BCUT2D eigenvalue weighted by atomic mass is 9.99. The summed E-state index contributed by atoms with van der Waals surface area (Å²) in [5.74, 6) is -1.11. The van der Waals surface area contributed by atoms with Crippen LogP contribution in [0.3, 0.4) is 0 Å². The maximum atomic E-state index is 12.4. The summed E-state index contributed by atoms with van der Waals surface area (Å²) >= 11 is 0. The Labute approximate surface area is 136 Å². The predicted octanol–water partition coefficient (Wildman–Crippen LogP) is 3.18. The molecule has 120 valence electrons. The first-order valence-corrected chi connectivity index (χ1v) is 7.58. The molecule has 2 N–H and O–H groups in total. The molecule has 2 aromatic carbocycles. The van der Waals surface area contributed by atoms with Gasteiger partial charge in [-0.2, -0.15) is 0 Å². The Kier molecular flexibility index (Phi) is 5.52. The molecule has 1 amide bonds. The normalized spacial score (nSPS) is 11.7. The second-order valence-electron chi connectivity index (χ2n) is 5.68. The van der Waals surface area contributed by atoms with Crippen molar-refractivity contribution in [2.24, 2.45) is 0 Å². The molecule has 0 radical (unpaired) electrons. The van der Waals surface area contributed by atoms with Crippen molar-refractivity contribution in [2.75, 3.05) is 0 Å². The number of nitrogens with one attached hydrogen (secondary N) is 1. The van der Waals surface area contributed by atoms with Crippen molar-refractivity contribution >= 4 is 11.9 Å². The average Bonchev–Trinajstić information content (AvgIpc) is 2.51. The van der Waals surface area contributed by atoms with Gasteiger partial charge in [-0.15, -0.1) is 0 Å². The van der Waals surface area contributed by atoms with E-state index in [4.69, 9.17) is 5.11 Å². The second-order valence-corrected chi connectivity index (χ2v) is 5.68. The van der Waals surface area contributed by atoms with Gasteiger partial charge < -0.3 is 10.4 Å². The van der Waals surface area contributed by atoms with Crippen LogP contribution in [0.5, 0.6) is 0 Å². The Morgan fingerprint density at radius 2 is 1.61 bits per heavy atom. The highest BCUT2D eigenvalue weighted by molar-refractivity contribution is 5.80. The van der Waals surface area contributed by atoms with E-state index in [-0.39, 0.29) is 18.7 Å². The van der Waals surface area contributed by atoms with E-state index in [1.54, 1.807) is 0 Å². The van der Waals surface area contributed by atoms with Crippen LogP contribution in [0.4, 0.5) is 0 Å². The molecule has 0 fully saturated rings. The molecule has 23 heavy (non-hydrogen) atoms. The van der Waals surface area contributed by atoms with E-state index in [0.29, 0.717) is 0 Å². The number of hydrogen-bond acceptors (Lipinski definition) is 2. The van der Waals surface area contributed by atoms with Gasteiger partial charge in [0.2, 0.25) is 5.91 Å². The smallest absolute Gasteiger partial charge is 0.305 e. The standard InChI is InChI=1S/C19H21NO3/c1-13-7-6-8-14(2)16(13)11-18(21)20-17(12-19(22)23)15-9-4-3-5-10-15/h3-10,17H,11-12H2,1-2H3,(H,20,21)(H,22,23). The van der Waals surface area contributed by atoms with E-state index in [1.807, 2.05) is 62.4 Å². The minimum Gasteiger partial charge on any atom is -0.481 e. The summed E-state index contributed by atoms with van der Waals surface area (Å²) in [5, 5.41) is 11.9. The third-order valence-electron chi connectivity index (χ3n) is 3.90. The number of amides is 1. The molecule has 0 spiro atoms. The Balaban J connectivity index is 2.13. The van der Waals surface area contributed by atoms with Gasteiger partial charge >= 0.3 is 5.97 Å². The SMILES string of the molecule is Cc1cccc(C)c1CC(=O)NC(CC(=O)O)c1ccccc1. The highest BCUT2D eigenvalue weighted by atomic mass is 16.4. The number of carbonyl (C=O) groups excluding carboxylic acids is 1. The van der Waals surface area contributed by atoms with Gasteiger partial charge in [0.1, 0.15) is 0 Å². The number of carboxylic acids is 1. The second kappa shape index (κ2) is 7.58. The summed E-state index contributed by atoms with van der Waals surface area (Å²) in [5.41, 5.74) is 3.92. The summed E-state index contributed by atoms with van der Waals surface area (Å²) in [4.78, 5) is 23.5. The summed E-state index contributed by atoms with van der Waals surface area (Å²) in [6, 6.07) is 14.6. The van der Waals surface area contributed by atoms with Crippen molar-refractivity contribution in [1.82, 2.24) is 5.32 Å². The van der Waals surface area contributed by atoms with Crippen molar-refractivity contribution < 1.29 is 14.7 Å². The first-order valence-electron chi connectivity index (χ1n) is 7.58. The maximum Gasteiger partial charge on any atom is 0.305 e. The lowest BCUT2D eigenvalue weighted by molar-refractivity contribution is -0.137. The molecule has 2 rings (SSSR count). The molecule has 0 aliphatic carbocycles. The lowest BCUT2D eigenvalue weighted by Gasteiger charge is -2.18. The number of hydrogen-bond donors (Lipinski definition) is 2. The van der Waals surface area contributed by atoms with E-state index >= 15 is 0 Å². The van der Waals surface area contributed by atoms with Gasteiger partial charge in [0, 0.05) is 0 Å². The molecule has 4 heteroatoms. The van der Waals surface area contributed by atoms with Crippen LogP contribution in [0.1, 0.15) is 34.7 Å². The zero-order chi connectivity index (χ0) is 16.8. The molecular formula is C19H21NO3. The van der Waals surface area contributed by atoms with Crippen LogP contribution in [-0.2, 0) is 16.0 Å². The highest BCUT2D eigenvalue weighted by Crippen LogP contribution is 2.18. The van der Waals surface area contributed by atoms with E-state index in [2.05, 4.69) is 5.32 Å². The van der Waals surface area contributed by atoms with Crippen molar-refractivity contribution in [1.29, 1.82) is 0 Å². The quantitative estimate of drug-likeness (QED) is 0.861. The van der Waals surface area contributed by atoms with Gasteiger partial charge in [0.05, 0.1) is 18.9 Å². The molecule has 2 aromatic rings. The molecule has 0 heterocycles. The fourth-order valence-corrected chi connectivity index (χ4v) is 2.65. The Bertz CT molecular complexity index is 675. The van der Waals surface area contributed by atoms with Gasteiger partial charge in [-0.3, -0.25) is 9.59 Å². The fraction of sp³-hybridized carbons (Fsp3) is 0.263. The molecule has 0 saturated heterocycles. The summed E-state index contributed by atoms with van der Waals surface area (Å²) in [6.07, 6.45) is 0.115. The largest absolute Gasteiger partial charge is 0.481 e. The van der Waals surface area contributed by atoms with Crippen LogP contribution in [0.15, 0.2) is 48.5 Å². The highest BCUT2D eigenvalue weighted by Gasteiger charge is 2.18. The van der Waals surface area contributed by atoms with E-state index in [0.717, 1.165) is 22.3 Å². The van der Waals surface area contributed by atoms with Gasteiger partial charge in [-0.1, -0.05) is 48.5 Å². The number of aliphatic carboxylic acids is 1. The van der Waals surface area contributed by atoms with Crippen LogP contribution in [-0.4, -0.2) is 17.0 Å². The molecule has 0 aliphatic rings. The molecular weight excluding hydrogens is 290 g/mol. The van der Waals surface area contributed by atoms with Gasteiger partial charge in [-0.25, -0.2) is 0 Å². The van der Waals surface area contributed by atoms with Crippen molar-refractivity contribution in [3.05, 3.63) is 70.8 Å². The van der Waals surface area contributed by atoms with Crippen LogP contribution >= 0.6 is 0 Å². The van der Waals surface area contributed by atoms with E-state index in [1.165, 1.54) is 0 Å². The number of aryl methyl sites for hydroxylation is 2. The first kappa shape index (κ1) is 16.7. The lowest BCUT2D eigenvalue weighted by Crippen LogP contribution is -2.31. The van der Waals surface area contributed by atoms with Crippen molar-refractivity contribution in [2.45, 2.75) is 32.7 Å². The summed E-state index contributed by atoms with van der Waals surface area (Å²) in [6.45, 7) is 3.95. The average molecular weight is 311 g/mol. The number of carbonyl (C=O) groups is 2. The third-order valence-corrected chi connectivity index (χ3v) is 3.90. The molecule has 0 aliphatic heterocycles. The Morgan fingerprint density at radius 3 is 2.17 bits per heavy atom. The third kappa shape index (κ3) is 4.68. The van der Waals surface area contributed by atoms with Crippen LogP contribution in [0.2, 0.25) is 0 Å². The van der Waals surface area contributed by atoms with Crippen LogP contribution < -0.4 is 5.32 Å². The predicted molar refractivity (Wildman–Crippen MR) is 89.2 cm³/mol. The minimum atomic E-state index is -0.939. The zero-order valence-corrected chi connectivity index (χ0v) is 13.4. The van der Waals surface area contributed by atoms with E-state index < -0.39 is 12.0 Å². The monoisotopic (exact) mass is 311 g/mol. The first-order chi connectivity index (χ1) is 11.0. The summed E-state index contributed by atoms with van der Waals surface area (Å²) < 4.78 is 0. The molecule has 0 bridgehead atoms. The van der Waals surface area contributed by atoms with Gasteiger partial charge in [0.25, 0.3) is 0 Å². The summed E-state index contributed by atoms with van der Waals surface area (Å²) in [7, 11) is 0. The number of rotatable bonds is 6. The molecule has 1 unspecified atom stereocenters. The van der Waals surface area contributed by atoms with Crippen molar-refractivity contribution in [3.8, 4) is 0 Å². The van der Waals surface area contributed by atoms with Gasteiger partial charge in [-0.05, 0) is 36.1 Å². The van der Waals surface area contributed by atoms with Crippen LogP contribution in [0.25, 0.3) is 0 Å². The van der Waals surface area contributed by atoms with Gasteiger partial charge in [0.15, 0.2) is 0 Å². The number of benzene rings is 2. The Morgan fingerprint density at radius 1 is 1.00 bits per heavy atom. The minimum absolute atomic E-state index is 0.136. The maximum absolute atomic E-state index is 12.4. The number of carboxylic acid groups (broad SMARTS) is 1. The van der Waals surface area contributed by atoms with Crippen LogP contribution in [0, 0.1) is 13.8 Å².